The third kappa shape index (κ3) is 1030. The Morgan fingerprint density at radius 1 is 1.11 bits per heavy atom. The van der Waals surface area contributed by atoms with Crippen molar-refractivity contribution >= 4 is 12.0 Å². The van der Waals surface area contributed by atoms with Gasteiger partial charge in [-0.05, 0) is 0 Å². The van der Waals surface area contributed by atoms with Gasteiger partial charge in [0.2, 0.25) is 5.96 Å². The van der Waals surface area contributed by atoms with E-state index in [9.17, 15) is 0 Å². The van der Waals surface area contributed by atoms with Gasteiger partial charge in [0.15, 0.2) is 0 Å². The molecule has 0 aliphatic carbocycles. The highest BCUT2D eigenvalue weighted by molar-refractivity contribution is 5.75. The quantitative estimate of drug-likeness (QED) is 0.104. The average molecular weight is 134 g/mol. The van der Waals surface area contributed by atoms with Gasteiger partial charge in [-0.25, -0.2) is 4.79 Å². The standard InChI is InChI=1S/CH6N4.CH4N2O/c2-1(3)5-4;2-1(3)4/h4H2,(H4,2,3,5);(H4,2,3,4). The zero-order valence-corrected chi connectivity index (χ0v) is 4.74. The first-order chi connectivity index (χ1) is 4.00. The summed E-state index contributed by atoms with van der Waals surface area (Å²) in [6.45, 7) is 0. The molecule has 10 N–H and O–H groups in total. The number of hydrogen-bond donors (Lipinski definition) is 5. The molecule has 2 amide bonds. The second-order valence-electron chi connectivity index (χ2n) is 0.956. The highest BCUT2D eigenvalue weighted by atomic mass is 16.2. The first kappa shape index (κ1) is 10.3. The molecule has 0 heterocycles. The summed E-state index contributed by atoms with van der Waals surface area (Å²) in [6.07, 6.45) is 0. The number of hydrazone groups is 1. The normalized spacial score (nSPS) is 6.22. The second-order valence-corrected chi connectivity index (χ2v) is 0.956. The highest BCUT2D eigenvalue weighted by Gasteiger charge is 1.62. The molecule has 7 heteroatoms. The smallest absolute Gasteiger partial charge is 0.309 e. The molecule has 0 bridgehead atoms. The van der Waals surface area contributed by atoms with E-state index in [0.717, 1.165) is 0 Å². The number of amides is 2. The Bertz CT molecular complexity index is 99.6. The number of guanidine groups is 1. The predicted molar refractivity (Wildman–Crippen MR) is 33.8 cm³/mol. The predicted octanol–water partition coefficient (Wildman–Crippen LogP) is -2.84. The molecule has 0 aromatic heterocycles. The van der Waals surface area contributed by atoms with E-state index in [-0.39, 0.29) is 5.96 Å². The van der Waals surface area contributed by atoms with Gasteiger partial charge in [0.25, 0.3) is 0 Å². The molecule has 0 atom stereocenters. The molecule has 54 valence electrons. The van der Waals surface area contributed by atoms with Crippen LogP contribution in [-0.2, 0) is 0 Å². The minimum atomic E-state index is -0.833. The Hall–Kier alpha value is -1.66. The van der Waals surface area contributed by atoms with E-state index in [1.165, 1.54) is 0 Å². The lowest BCUT2D eigenvalue weighted by Crippen LogP contribution is -2.23. The molecule has 0 radical (unpaired) electrons. The summed E-state index contributed by atoms with van der Waals surface area (Å²) in [5, 5.41) is 2.86. The molecular formula is C2H10N6O. The fourth-order valence-corrected chi connectivity index (χ4v) is 0. The Labute approximate surface area is 51.8 Å². The van der Waals surface area contributed by atoms with Crippen molar-refractivity contribution in [1.29, 1.82) is 0 Å². The van der Waals surface area contributed by atoms with Crippen LogP contribution in [0.15, 0.2) is 5.10 Å². The van der Waals surface area contributed by atoms with Gasteiger partial charge in [0.05, 0.1) is 0 Å². The minimum absolute atomic E-state index is 0.0926. The molecule has 9 heavy (non-hydrogen) atoms. The number of hydrogen-bond acceptors (Lipinski definition) is 3. The largest absolute Gasteiger partial charge is 0.369 e. The summed E-state index contributed by atoms with van der Waals surface area (Å²) in [5.74, 6) is 4.42. The molecule has 7 nitrogen and oxygen atoms in total. The fraction of sp³-hybridized carbons (Fsp3) is 0. The van der Waals surface area contributed by atoms with E-state index >= 15 is 0 Å². The number of nitrogens with zero attached hydrogens (tertiary/aromatic N) is 1. The maximum atomic E-state index is 9.00. The van der Waals surface area contributed by atoms with Crippen molar-refractivity contribution < 1.29 is 4.79 Å². The first-order valence-electron chi connectivity index (χ1n) is 1.84. The Morgan fingerprint density at radius 3 is 1.22 bits per heavy atom. The van der Waals surface area contributed by atoms with Crippen molar-refractivity contribution in [3.63, 3.8) is 0 Å². The van der Waals surface area contributed by atoms with Gasteiger partial charge < -0.3 is 28.8 Å². The van der Waals surface area contributed by atoms with Crippen LogP contribution >= 0.6 is 0 Å². The van der Waals surface area contributed by atoms with Crippen LogP contribution < -0.4 is 28.8 Å². The lowest BCUT2D eigenvalue weighted by atomic mass is 11.1. The van der Waals surface area contributed by atoms with Crippen molar-refractivity contribution in [2.75, 3.05) is 0 Å². The summed E-state index contributed by atoms with van der Waals surface area (Å²) in [5.41, 5.74) is 17.9. The van der Waals surface area contributed by atoms with Crippen LogP contribution in [0, 0.1) is 0 Å². The third-order valence-electron chi connectivity index (χ3n) is 0.149. The molecule has 0 aromatic carbocycles. The molecule has 0 saturated heterocycles. The van der Waals surface area contributed by atoms with Gasteiger partial charge >= 0.3 is 6.03 Å². The molecule has 0 aliphatic rings. The zero-order chi connectivity index (χ0) is 7.86. The van der Waals surface area contributed by atoms with Crippen molar-refractivity contribution in [2.45, 2.75) is 0 Å². The van der Waals surface area contributed by atoms with Gasteiger partial charge in [-0.1, -0.05) is 0 Å². The van der Waals surface area contributed by atoms with E-state index < -0.39 is 6.03 Å². The SMILES string of the molecule is NC(N)=O.NN=C(N)N. The van der Waals surface area contributed by atoms with Crippen LogP contribution in [0.2, 0.25) is 0 Å². The van der Waals surface area contributed by atoms with Gasteiger partial charge in [0.1, 0.15) is 0 Å². The summed E-state index contributed by atoms with van der Waals surface area (Å²) < 4.78 is 0. The van der Waals surface area contributed by atoms with Gasteiger partial charge in [-0.15, -0.1) is 5.10 Å². The highest BCUT2D eigenvalue weighted by Crippen LogP contribution is 1.31. The number of carbonyl (C=O) groups excluding carboxylic acids is 1. The number of nitrogens with two attached hydrogens (primary N) is 5. The Balaban J connectivity index is 0. The Kier molecular flexibility index (Phi) is 7.29. The van der Waals surface area contributed by atoms with E-state index in [1.54, 1.807) is 0 Å². The molecule has 0 fully saturated rings. The third-order valence-corrected chi connectivity index (χ3v) is 0.149. The first-order valence-corrected chi connectivity index (χ1v) is 1.84. The van der Waals surface area contributed by atoms with Crippen LogP contribution in [0.5, 0.6) is 0 Å². The van der Waals surface area contributed by atoms with Crippen molar-refractivity contribution in [1.82, 2.24) is 0 Å². The average Bonchev–Trinajstić information content (AvgIpc) is 1.65. The molecule has 0 aliphatic heterocycles. The van der Waals surface area contributed by atoms with E-state index in [0.29, 0.717) is 0 Å². The van der Waals surface area contributed by atoms with Gasteiger partial charge in [-0.3, -0.25) is 0 Å². The van der Waals surface area contributed by atoms with Crippen LogP contribution in [0.3, 0.4) is 0 Å². The molecule has 0 spiro atoms. The van der Waals surface area contributed by atoms with E-state index in [2.05, 4.69) is 22.4 Å². The van der Waals surface area contributed by atoms with Gasteiger partial charge in [-0.2, -0.15) is 0 Å². The summed E-state index contributed by atoms with van der Waals surface area (Å²) in [7, 11) is 0. The van der Waals surface area contributed by atoms with E-state index in [1.807, 2.05) is 0 Å². The van der Waals surface area contributed by atoms with Crippen molar-refractivity contribution in [2.24, 2.45) is 33.9 Å². The topological polar surface area (TPSA) is 160 Å². The van der Waals surface area contributed by atoms with Crippen LogP contribution in [0.4, 0.5) is 4.79 Å². The molecule has 0 unspecified atom stereocenters. The van der Waals surface area contributed by atoms with Crippen molar-refractivity contribution in [3.8, 4) is 0 Å². The van der Waals surface area contributed by atoms with Crippen LogP contribution in [0.25, 0.3) is 0 Å². The monoisotopic (exact) mass is 134 g/mol. The molecule has 0 rings (SSSR count). The van der Waals surface area contributed by atoms with E-state index in [4.69, 9.17) is 16.3 Å². The zero-order valence-electron chi connectivity index (χ0n) is 4.74. The lowest BCUT2D eigenvalue weighted by Gasteiger charge is -1.76. The molecule has 0 aromatic rings. The maximum Gasteiger partial charge on any atom is 0.309 e. The number of primary amides is 2. The molecular weight excluding hydrogens is 124 g/mol. The molecule has 0 saturated carbocycles. The fourth-order valence-electron chi connectivity index (χ4n) is 0. The summed E-state index contributed by atoms with van der Waals surface area (Å²) >= 11 is 0. The Morgan fingerprint density at radius 2 is 1.22 bits per heavy atom. The number of carbonyl (C=O) groups is 1. The maximum absolute atomic E-state index is 9.00. The lowest BCUT2D eigenvalue weighted by molar-refractivity contribution is 0.256. The van der Waals surface area contributed by atoms with Crippen LogP contribution in [-0.4, -0.2) is 12.0 Å². The van der Waals surface area contributed by atoms with Crippen LogP contribution in [0.1, 0.15) is 0 Å². The number of rotatable bonds is 0. The second kappa shape index (κ2) is 6.34. The van der Waals surface area contributed by atoms with Crippen molar-refractivity contribution in [3.05, 3.63) is 0 Å². The summed E-state index contributed by atoms with van der Waals surface area (Å²) in [4.78, 5) is 9.00. The number of urea groups is 1. The van der Waals surface area contributed by atoms with Gasteiger partial charge in [0, 0.05) is 0 Å². The summed E-state index contributed by atoms with van der Waals surface area (Å²) in [6, 6.07) is -0.833. The minimum Gasteiger partial charge on any atom is -0.369 e.